The van der Waals surface area contributed by atoms with Crippen molar-refractivity contribution in [3.05, 3.63) is 17.8 Å². The molecule has 1 N–H and O–H groups in total. The highest BCUT2D eigenvalue weighted by atomic mass is 15.3. The maximum atomic E-state index is 4.22. The van der Waals surface area contributed by atoms with Crippen LogP contribution in [-0.4, -0.2) is 35.4 Å². The number of hydrogen-bond donors (Lipinski definition) is 1. The fraction of sp³-hybridized carbons (Fsp3) is 0.636. The van der Waals surface area contributed by atoms with E-state index in [1.165, 1.54) is 0 Å². The predicted molar refractivity (Wildman–Crippen MR) is 61.1 cm³/mol. The Morgan fingerprint density at radius 3 is 2.73 bits per heavy atom. The summed E-state index contributed by atoms with van der Waals surface area (Å²) < 4.78 is 0. The molecule has 2 heterocycles. The summed E-state index contributed by atoms with van der Waals surface area (Å²) >= 11 is 0. The summed E-state index contributed by atoms with van der Waals surface area (Å²) in [6, 6.07) is 4.06. The van der Waals surface area contributed by atoms with E-state index in [0.717, 1.165) is 31.1 Å². The molecule has 0 bridgehead atoms. The first-order valence-electron chi connectivity index (χ1n) is 5.37. The molecule has 0 unspecified atom stereocenters. The highest BCUT2D eigenvalue weighted by molar-refractivity contribution is 5.38. The number of nitrogens with zero attached hydrogens (tertiary/aromatic N) is 3. The molecular weight excluding hydrogens is 188 g/mol. The Kier molecular flexibility index (Phi) is 2.61. The monoisotopic (exact) mass is 206 g/mol. The first-order chi connectivity index (χ1) is 7.07. The molecule has 1 fully saturated rings. The van der Waals surface area contributed by atoms with E-state index < -0.39 is 0 Å². The molecule has 1 saturated heterocycles. The molecule has 4 heteroatoms. The number of anilines is 1. The lowest BCUT2D eigenvalue weighted by Crippen LogP contribution is -2.57. The van der Waals surface area contributed by atoms with E-state index in [2.05, 4.69) is 34.3 Å². The van der Waals surface area contributed by atoms with E-state index in [0.29, 0.717) is 0 Å². The van der Waals surface area contributed by atoms with Gasteiger partial charge in [0.05, 0.1) is 5.69 Å². The number of aromatic nitrogens is 2. The van der Waals surface area contributed by atoms with E-state index in [1.807, 2.05) is 19.1 Å². The maximum Gasteiger partial charge on any atom is 0.151 e. The van der Waals surface area contributed by atoms with Crippen LogP contribution < -0.4 is 10.2 Å². The number of aryl methyl sites for hydroxylation is 1. The summed E-state index contributed by atoms with van der Waals surface area (Å²) in [6.07, 6.45) is 0. The Bertz CT molecular complexity index is 331. The van der Waals surface area contributed by atoms with Crippen molar-refractivity contribution in [2.45, 2.75) is 26.3 Å². The van der Waals surface area contributed by atoms with E-state index in [-0.39, 0.29) is 5.54 Å². The summed E-state index contributed by atoms with van der Waals surface area (Å²) in [5.41, 5.74) is 1.12. The van der Waals surface area contributed by atoms with Gasteiger partial charge in [-0.1, -0.05) is 0 Å². The van der Waals surface area contributed by atoms with Crippen molar-refractivity contribution in [1.82, 2.24) is 15.5 Å². The molecule has 1 aliphatic heterocycles. The molecule has 0 amide bonds. The van der Waals surface area contributed by atoms with Crippen LogP contribution in [0.2, 0.25) is 0 Å². The van der Waals surface area contributed by atoms with Gasteiger partial charge in [-0.3, -0.25) is 0 Å². The van der Waals surface area contributed by atoms with Crippen LogP contribution in [0.5, 0.6) is 0 Å². The molecule has 4 nitrogen and oxygen atoms in total. The molecule has 2 rings (SSSR count). The lowest BCUT2D eigenvalue weighted by molar-refractivity contribution is 0.351. The van der Waals surface area contributed by atoms with Gasteiger partial charge in [-0.25, -0.2) is 0 Å². The molecule has 82 valence electrons. The Labute approximate surface area is 90.7 Å². The summed E-state index contributed by atoms with van der Waals surface area (Å²) in [5.74, 6) is 0.982. The molecular formula is C11H18N4. The normalized spacial score (nSPS) is 20.3. The van der Waals surface area contributed by atoms with Crippen molar-refractivity contribution in [2.24, 2.45) is 0 Å². The van der Waals surface area contributed by atoms with Crippen LogP contribution in [0.15, 0.2) is 12.1 Å². The van der Waals surface area contributed by atoms with Gasteiger partial charge in [-0.05, 0) is 32.9 Å². The number of nitrogens with one attached hydrogen (secondary N) is 1. The van der Waals surface area contributed by atoms with Crippen LogP contribution in [0.1, 0.15) is 19.5 Å². The van der Waals surface area contributed by atoms with Crippen LogP contribution in [0, 0.1) is 6.92 Å². The average molecular weight is 206 g/mol. The first kappa shape index (κ1) is 10.4. The molecule has 0 aliphatic carbocycles. The third-order valence-electron chi connectivity index (χ3n) is 2.68. The van der Waals surface area contributed by atoms with Crippen LogP contribution in [0.25, 0.3) is 0 Å². The van der Waals surface area contributed by atoms with E-state index >= 15 is 0 Å². The van der Waals surface area contributed by atoms with E-state index in [1.54, 1.807) is 0 Å². The molecule has 1 aromatic heterocycles. The summed E-state index contributed by atoms with van der Waals surface area (Å²) in [7, 11) is 0. The summed E-state index contributed by atoms with van der Waals surface area (Å²) in [4.78, 5) is 2.28. The zero-order valence-electron chi connectivity index (χ0n) is 9.62. The number of hydrogen-bond acceptors (Lipinski definition) is 4. The third kappa shape index (κ3) is 2.45. The van der Waals surface area contributed by atoms with Crippen molar-refractivity contribution in [2.75, 3.05) is 24.5 Å². The zero-order chi connectivity index (χ0) is 10.9. The van der Waals surface area contributed by atoms with Crippen LogP contribution in [-0.2, 0) is 0 Å². The van der Waals surface area contributed by atoms with Crippen molar-refractivity contribution in [3.63, 3.8) is 0 Å². The molecule has 1 aromatic rings. The van der Waals surface area contributed by atoms with Crippen molar-refractivity contribution >= 4 is 5.82 Å². The lowest BCUT2D eigenvalue weighted by Gasteiger charge is -2.39. The van der Waals surface area contributed by atoms with Crippen LogP contribution in [0.4, 0.5) is 5.82 Å². The summed E-state index contributed by atoms with van der Waals surface area (Å²) in [5, 5.41) is 11.8. The number of piperazine rings is 1. The molecule has 15 heavy (non-hydrogen) atoms. The Morgan fingerprint density at radius 2 is 2.13 bits per heavy atom. The van der Waals surface area contributed by atoms with Crippen molar-refractivity contribution in [3.8, 4) is 0 Å². The Hall–Kier alpha value is -1.16. The topological polar surface area (TPSA) is 41.0 Å². The second-order valence-corrected chi connectivity index (χ2v) is 4.77. The molecule has 0 aromatic carbocycles. The van der Waals surface area contributed by atoms with Gasteiger partial charge in [0.25, 0.3) is 0 Å². The largest absolute Gasteiger partial charge is 0.352 e. The molecule has 0 atom stereocenters. The van der Waals surface area contributed by atoms with Crippen LogP contribution in [0.3, 0.4) is 0 Å². The van der Waals surface area contributed by atoms with Gasteiger partial charge >= 0.3 is 0 Å². The lowest BCUT2D eigenvalue weighted by atomic mass is 10.0. The van der Waals surface area contributed by atoms with Crippen LogP contribution >= 0.6 is 0 Å². The first-order valence-corrected chi connectivity index (χ1v) is 5.37. The minimum absolute atomic E-state index is 0.158. The van der Waals surface area contributed by atoms with Crippen molar-refractivity contribution in [1.29, 1.82) is 0 Å². The Balaban J connectivity index is 2.13. The van der Waals surface area contributed by atoms with Gasteiger partial charge in [0.15, 0.2) is 5.82 Å². The van der Waals surface area contributed by atoms with Gasteiger partial charge in [0.1, 0.15) is 0 Å². The van der Waals surface area contributed by atoms with Gasteiger partial charge < -0.3 is 10.2 Å². The second-order valence-electron chi connectivity index (χ2n) is 4.77. The fourth-order valence-electron chi connectivity index (χ4n) is 1.90. The SMILES string of the molecule is Cc1ccc(N2CCNC(C)(C)C2)nn1. The minimum Gasteiger partial charge on any atom is -0.352 e. The molecule has 0 spiro atoms. The zero-order valence-corrected chi connectivity index (χ0v) is 9.62. The number of rotatable bonds is 1. The summed E-state index contributed by atoms with van der Waals surface area (Å²) in [6.45, 7) is 9.36. The second kappa shape index (κ2) is 3.77. The predicted octanol–water partition coefficient (Wildman–Crippen LogP) is 0.973. The minimum atomic E-state index is 0.158. The quantitative estimate of drug-likeness (QED) is 0.743. The smallest absolute Gasteiger partial charge is 0.151 e. The highest BCUT2D eigenvalue weighted by Crippen LogP contribution is 2.16. The van der Waals surface area contributed by atoms with Crippen molar-refractivity contribution < 1.29 is 0 Å². The molecule has 0 saturated carbocycles. The third-order valence-corrected chi connectivity index (χ3v) is 2.68. The highest BCUT2D eigenvalue weighted by Gasteiger charge is 2.26. The molecule has 0 radical (unpaired) electrons. The van der Waals surface area contributed by atoms with Gasteiger partial charge in [0.2, 0.25) is 0 Å². The van der Waals surface area contributed by atoms with Gasteiger partial charge in [0, 0.05) is 25.2 Å². The van der Waals surface area contributed by atoms with Gasteiger partial charge in [-0.2, -0.15) is 5.10 Å². The average Bonchev–Trinajstić information content (AvgIpc) is 2.17. The maximum absolute atomic E-state index is 4.22. The molecule has 1 aliphatic rings. The van der Waals surface area contributed by atoms with E-state index in [9.17, 15) is 0 Å². The Morgan fingerprint density at radius 1 is 1.33 bits per heavy atom. The van der Waals surface area contributed by atoms with Gasteiger partial charge in [-0.15, -0.1) is 5.10 Å². The fourth-order valence-corrected chi connectivity index (χ4v) is 1.90. The van der Waals surface area contributed by atoms with E-state index in [4.69, 9.17) is 0 Å². The standard InChI is InChI=1S/C11H18N4/c1-9-4-5-10(14-13-9)15-7-6-12-11(2,3)8-15/h4-5,12H,6-8H2,1-3H3.